The average molecular weight is 482 g/mol. The number of nitrogens with two attached hydrogens (primary N) is 1. The SMILES string of the molecule is NC(=O)CN1C(=O)C(=c2sc3nc(-c4ccccc4Br)nn3c2=O)c2ccccc21. The van der Waals surface area contributed by atoms with Crippen molar-refractivity contribution in [2.75, 3.05) is 11.4 Å². The van der Waals surface area contributed by atoms with Crippen LogP contribution in [0.3, 0.4) is 0 Å². The third kappa shape index (κ3) is 2.76. The first kappa shape index (κ1) is 18.6. The molecule has 10 heteroatoms. The fourth-order valence-electron chi connectivity index (χ4n) is 3.45. The summed E-state index contributed by atoms with van der Waals surface area (Å²) in [4.78, 5) is 43.8. The summed E-state index contributed by atoms with van der Waals surface area (Å²) in [6.45, 7) is -0.263. The van der Waals surface area contributed by atoms with Gasteiger partial charge in [0.1, 0.15) is 11.1 Å². The lowest BCUT2D eigenvalue weighted by atomic mass is 10.1. The zero-order valence-electron chi connectivity index (χ0n) is 15.2. The van der Waals surface area contributed by atoms with Crippen molar-refractivity contribution in [3.63, 3.8) is 0 Å². The van der Waals surface area contributed by atoms with Gasteiger partial charge in [-0.3, -0.25) is 19.3 Å². The van der Waals surface area contributed by atoms with Crippen molar-refractivity contribution < 1.29 is 9.59 Å². The first-order valence-corrected chi connectivity index (χ1v) is 10.4. The van der Waals surface area contributed by atoms with Gasteiger partial charge in [-0.15, -0.1) is 5.10 Å². The van der Waals surface area contributed by atoms with Crippen molar-refractivity contribution in [2.45, 2.75) is 0 Å². The van der Waals surface area contributed by atoms with E-state index in [0.717, 1.165) is 21.4 Å². The van der Waals surface area contributed by atoms with E-state index in [9.17, 15) is 14.4 Å². The predicted molar refractivity (Wildman–Crippen MR) is 116 cm³/mol. The molecule has 0 bridgehead atoms. The summed E-state index contributed by atoms with van der Waals surface area (Å²) >= 11 is 4.55. The van der Waals surface area contributed by atoms with Gasteiger partial charge in [-0.1, -0.05) is 57.6 Å². The van der Waals surface area contributed by atoms with E-state index in [1.54, 1.807) is 24.3 Å². The molecule has 2 aromatic carbocycles. The molecule has 0 saturated carbocycles. The van der Waals surface area contributed by atoms with Gasteiger partial charge in [0.05, 0.1) is 11.3 Å². The van der Waals surface area contributed by atoms with Crippen LogP contribution in [-0.4, -0.2) is 33.0 Å². The smallest absolute Gasteiger partial charge is 0.291 e. The highest BCUT2D eigenvalue weighted by Gasteiger charge is 2.35. The molecule has 0 radical (unpaired) electrons. The molecule has 0 saturated heterocycles. The predicted octanol–water partition coefficient (Wildman–Crippen LogP) is 1.33. The molecule has 30 heavy (non-hydrogen) atoms. The van der Waals surface area contributed by atoms with E-state index in [4.69, 9.17) is 5.73 Å². The molecule has 8 nitrogen and oxygen atoms in total. The Morgan fingerprint density at radius 3 is 2.47 bits per heavy atom. The van der Waals surface area contributed by atoms with Gasteiger partial charge in [0.15, 0.2) is 5.82 Å². The highest BCUT2D eigenvalue weighted by atomic mass is 79.9. The van der Waals surface area contributed by atoms with Crippen molar-refractivity contribution in [3.8, 4) is 11.4 Å². The highest BCUT2D eigenvalue weighted by Crippen LogP contribution is 2.35. The normalized spacial score (nSPS) is 15.1. The van der Waals surface area contributed by atoms with E-state index in [-0.39, 0.29) is 16.7 Å². The van der Waals surface area contributed by atoms with Crippen LogP contribution in [-0.2, 0) is 9.59 Å². The Morgan fingerprint density at radius 2 is 1.77 bits per heavy atom. The Labute approximate surface area is 181 Å². The number of anilines is 1. The van der Waals surface area contributed by atoms with Crippen LogP contribution >= 0.6 is 27.3 Å². The first-order chi connectivity index (χ1) is 14.5. The molecule has 0 unspecified atom stereocenters. The van der Waals surface area contributed by atoms with Crippen LogP contribution in [0.25, 0.3) is 21.9 Å². The number of aromatic nitrogens is 3. The van der Waals surface area contributed by atoms with Crippen molar-refractivity contribution in [1.29, 1.82) is 0 Å². The van der Waals surface area contributed by atoms with Gasteiger partial charge in [-0.25, -0.2) is 0 Å². The standard InChI is InChI=1S/C20H12BrN5O3S/c21-12-7-3-1-5-10(12)17-23-20-26(24-17)19(29)16(30-20)15-11-6-2-4-8-13(11)25(18(15)28)9-14(22)27/h1-8H,9H2,(H2,22,27). The molecule has 4 aromatic rings. The molecule has 0 aliphatic carbocycles. The molecule has 0 fully saturated rings. The van der Waals surface area contributed by atoms with E-state index in [1.807, 2.05) is 24.3 Å². The van der Waals surface area contributed by atoms with Crippen molar-refractivity contribution in [2.24, 2.45) is 5.73 Å². The molecule has 2 amide bonds. The second-order valence-corrected chi connectivity index (χ2v) is 8.43. The largest absolute Gasteiger partial charge is 0.368 e. The quantitative estimate of drug-likeness (QED) is 0.474. The molecule has 1 aliphatic rings. The highest BCUT2D eigenvalue weighted by molar-refractivity contribution is 9.10. The van der Waals surface area contributed by atoms with Crippen LogP contribution in [0.15, 0.2) is 57.8 Å². The number of benzene rings is 2. The van der Waals surface area contributed by atoms with Gasteiger partial charge in [-0.05, 0) is 18.2 Å². The number of carbonyl (C=O) groups is 2. The number of primary amides is 1. The molecule has 2 N–H and O–H groups in total. The van der Waals surface area contributed by atoms with Crippen LogP contribution in [0.2, 0.25) is 0 Å². The zero-order valence-corrected chi connectivity index (χ0v) is 17.6. The summed E-state index contributed by atoms with van der Waals surface area (Å²) in [5, 5.41) is 4.34. The van der Waals surface area contributed by atoms with E-state index in [2.05, 4.69) is 26.0 Å². The van der Waals surface area contributed by atoms with Gasteiger partial charge in [0.2, 0.25) is 10.9 Å². The lowest BCUT2D eigenvalue weighted by Crippen LogP contribution is -2.37. The Kier molecular flexibility index (Phi) is 4.26. The number of thiazole rings is 1. The van der Waals surface area contributed by atoms with Crippen LogP contribution in [0.4, 0.5) is 5.69 Å². The topological polar surface area (TPSA) is 111 Å². The summed E-state index contributed by atoms with van der Waals surface area (Å²) in [6, 6.07) is 14.4. The van der Waals surface area contributed by atoms with Gasteiger partial charge in [0.25, 0.3) is 11.5 Å². The van der Waals surface area contributed by atoms with Crippen molar-refractivity contribution in [3.05, 3.63) is 73.5 Å². The molecule has 3 heterocycles. The summed E-state index contributed by atoms with van der Waals surface area (Å²) < 4.78 is 2.24. The van der Waals surface area contributed by atoms with E-state index < -0.39 is 17.4 Å². The Bertz CT molecular complexity index is 1480. The maximum atomic E-state index is 13.1. The third-order valence-electron chi connectivity index (χ3n) is 4.74. The minimum Gasteiger partial charge on any atom is -0.368 e. The summed E-state index contributed by atoms with van der Waals surface area (Å²) in [6.07, 6.45) is 0. The number of nitrogens with zero attached hydrogens (tertiary/aromatic N) is 4. The zero-order chi connectivity index (χ0) is 21.0. The molecule has 0 atom stereocenters. The van der Waals surface area contributed by atoms with Crippen LogP contribution in [0.1, 0.15) is 5.56 Å². The number of para-hydroxylation sites is 1. The lowest BCUT2D eigenvalue weighted by molar-refractivity contribution is -0.119. The van der Waals surface area contributed by atoms with E-state index in [0.29, 0.717) is 22.0 Å². The number of carbonyl (C=O) groups excluding carboxylic acids is 2. The molecular weight excluding hydrogens is 470 g/mol. The van der Waals surface area contributed by atoms with Gasteiger partial charge in [-0.2, -0.15) is 9.50 Å². The fourth-order valence-corrected chi connectivity index (χ4v) is 4.91. The molecular formula is C20H12BrN5O3S. The maximum absolute atomic E-state index is 13.1. The number of amides is 2. The van der Waals surface area contributed by atoms with Gasteiger partial charge >= 0.3 is 0 Å². The van der Waals surface area contributed by atoms with Crippen LogP contribution < -0.4 is 20.7 Å². The minimum atomic E-state index is -0.637. The monoisotopic (exact) mass is 481 g/mol. The first-order valence-electron chi connectivity index (χ1n) is 8.84. The van der Waals surface area contributed by atoms with E-state index in [1.165, 1.54) is 9.42 Å². The minimum absolute atomic E-state index is 0.230. The second kappa shape index (κ2) is 6.85. The number of hydrogen-bond acceptors (Lipinski definition) is 6. The third-order valence-corrected chi connectivity index (χ3v) is 6.46. The maximum Gasteiger partial charge on any atom is 0.291 e. The second-order valence-electron chi connectivity index (χ2n) is 6.60. The Balaban J connectivity index is 1.73. The summed E-state index contributed by atoms with van der Waals surface area (Å²) in [5.74, 6) is -0.666. The molecule has 2 aromatic heterocycles. The Morgan fingerprint density at radius 1 is 1.07 bits per heavy atom. The number of rotatable bonds is 3. The van der Waals surface area contributed by atoms with Crippen molar-refractivity contribution in [1.82, 2.24) is 14.6 Å². The summed E-state index contributed by atoms with van der Waals surface area (Å²) in [5.41, 5.74) is 6.99. The van der Waals surface area contributed by atoms with Crippen molar-refractivity contribution >= 4 is 55.3 Å². The molecule has 5 rings (SSSR count). The van der Waals surface area contributed by atoms with Gasteiger partial charge in [0, 0.05) is 15.6 Å². The lowest BCUT2D eigenvalue weighted by Gasteiger charge is -2.14. The summed E-state index contributed by atoms with van der Waals surface area (Å²) in [7, 11) is 0. The van der Waals surface area contributed by atoms with Crippen LogP contribution in [0.5, 0.6) is 0 Å². The van der Waals surface area contributed by atoms with E-state index >= 15 is 0 Å². The van der Waals surface area contributed by atoms with Crippen LogP contribution in [0, 0.1) is 0 Å². The Hall–Kier alpha value is -3.37. The molecule has 148 valence electrons. The molecule has 1 aliphatic heterocycles. The van der Waals surface area contributed by atoms with Gasteiger partial charge < -0.3 is 5.73 Å². The fraction of sp³-hybridized carbons (Fsp3) is 0.0500. The average Bonchev–Trinajstić information content (AvgIpc) is 3.34. The number of fused-ring (bicyclic) bond motifs is 2. The number of hydrogen-bond donors (Lipinski definition) is 1. The molecule has 0 spiro atoms. The number of halogens is 1.